The molecule has 0 saturated carbocycles. The van der Waals surface area contributed by atoms with Gasteiger partial charge in [-0.15, -0.1) is 0 Å². The molecule has 0 radical (unpaired) electrons. The van der Waals surface area contributed by atoms with Crippen molar-refractivity contribution < 1.29 is 23.8 Å². The van der Waals surface area contributed by atoms with Crippen molar-refractivity contribution in [2.24, 2.45) is 0 Å². The highest BCUT2D eigenvalue weighted by Gasteiger charge is 2.27. The molecular weight excluding hydrogens is 428 g/mol. The van der Waals surface area contributed by atoms with Crippen LogP contribution in [-0.4, -0.2) is 31.6 Å². The molecule has 2 aromatic rings. The van der Waals surface area contributed by atoms with Crippen molar-refractivity contribution in [2.75, 3.05) is 19.8 Å². The molecule has 0 spiro atoms. The second kappa shape index (κ2) is 11.1. The quantitative estimate of drug-likeness (QED) is 0.230. The number of benzene rings is 2. The molecule has 2 atom stereocenters. The summed E-state index contributed by atoms with van der Waals surface area (Å²) >= 11 is 0. The number of ketones is 1. The van der Waals surface area contributed by atoms with Crippen LogP contribution in [0.1, 0.15) is 47.3 Å². The molecule has 0 heterocycles. The lowest BCUT2D eigenvalue weighted by molar-refractivity contribution is -0.139. The van der Waals surface area contributed by atoms with Gasteiger partial charge in [0.05, 0.1) is 6.61 Å². The lowest BCUT2D eigenvalue weighted by atomic mass is 9.90. The average Bonchev–Trinajstić information content (AvgIpc) is 3.48. The lowest BCUT2D eigenvalue weighted by Crippen LogP contribution is -2.11. The van der Waals surface area contributed by atoms with Crippen LogP contribution in [0.5, 0.6) is 0 Å². The van der Waals surface area contributed by atoms with E-state index in [4.69, 9.17) is 14.2 Å². The Kier molecular flexibility index (Phi) is 7.68. The van der Waals surface area contributed by atoms with E-state index in [1.807, 2.05) is 12.1 Å². The van der Waals surface area contributed by atoms with Gasteiger partial charge in [0.1, 0.15) is 18.8 Å². The van der Waals surface area contributed by atoms with Crippen molar-refractivity contribution in [3.63, 3.8) is 0 Å². The monoisotopic (exact) mass is 456 g/mol. The third-order valence-electron chi connectivity index (χ3n) is 5.92. The molecule has 0 fully saturated rings. The molecule has 0 aliphatic heterocycles. The predicted octanol–water partition coefficient (Wildman–Crippen LogP) is 5.79. The Morgan fingerprint density at radius 2 is 1.38 bits per heavy atom. The molecule has 2 aliphatic carbocycles. The molecule has 2 aromatic carbocycles. The highest BCUT2D eigenvalue weighted by molar-refractivity contribution is 5.89. The average molecular weight is 457 g/mol. The smallest absolute Gasteiger partial charge is 0.330 e. The van der Waals surface area contributed by atoms with Crippen LogP contribution in [0.2, 0.25) is 0 Å². The van der Waals surface area contributed by atoms with E-state index in [1.165, 1.54) is 6.08 Å². The Bertz CT molecular complexity index is 1070. The number of carbonyl (C=O) groups excluding carboxylic acids is 2. The number of hydrogen-bond donors (Lipinski definition) is 0. The molecule has 0 N–H and O–H groups in total. The Labute approximate surface area is 200 Å². The molecule has 2 aliphatic rings. The summed E-state index contributed by atoms with van der Waals surface area (Å²) in [5.41, 5.74) is 6.63. The summed E-state index contributed by atoms with van der Waals surface area (Å²) in [6.45, 7) is 7.86. The second-order valence-corrected chi connectivity index (χ2v) is 8.06. The minimum Gasteiger partial charge on any atom is -0.460 e. The first kappa shape index (κ1) is 23.6. The molecule has 0 amide bonds. The van der Waals surface area contributed by atoms with Gasteiger partial charge in [0, 0.05) is 19.1 Å². The first-order chi connectivity index (χ1) is 16.6. The minimum atomic E-state index is -0.459. The zero-order valence-electron chi connectivity index (χ0n) is 19.1. The van der Waals surface area contributed by atoms with Crippen LogP contribution in [0.25, 0.3) is 23.3 Å². The van der Waals surface area contributed by atoms with Crippen molar-refractivity contribution in [3.8, 4) is 11.1 Å². The Balaban J connectivity index is 1.53. The SMILES string of the molecule is C=CC(=O)CCCOC1C=Cc2cccc(-c3cccc4c3C(OCCOC(=O)C=C)C=C4)c21. The van der Waals surface area contributed by atoms with Gasteiger partial charge in [-0.25, -0.2) is 4.79 Å². The largest absolute Gasteiger partial charge is 0.460 e. The van der Waals surface area contributed by atoms with Crippen LogP contribution in [-0.2, 0) is 23.8 Å². The van der Waals surface area contributed by atoms with E-state index < -0.39 is 5.97 Å². The van der Waals surface area contributed by atoms with E-state index in [2.05, 4.69) is 61.7 Å². The number of ether oxygens (including phenoxy) is 3. The van der Waals surface area contributed by atoms with Crippen molar-refractivity contribution in [2.45, 2.75) is 25.0 Å². The molecule has 174 valence electrons. The van der Waals surface area contributed by atoms with Crippen molar-refractivity contribution in [1.29, 1.82) is 0 Å². The summed E-state index contributed by atoms with van der Waals surface area (Å²) in [5, 5.41) is 0. The van der Waals surface area contributed by atoms with Gasteiger partial charge in [-0.1, -0.05) is 73.9 Å². The molecule has 5 nitrogen and oxygen atoms in total. The summed E-state index contributed by atoms with van der Waals surface area (Å²) < 4.78 is 17.3. The van der Waals surface area contributed by atoms with Gasteiger partial charge in [-0.2, -0.15) is 0 Å². The third-order valence-corrected chi connectivity index (χ3v) is 5.92. The van der Waals surface area contributed by atoms with E-state index in [1.54, 1.807) is 0 Å². The molecule has 0 saturated heterocycles. The van der Waals surface area contributed by atoms with Gasteiger partial charge in [-0.3, -0.25) is 4.79 Å². The maximum absolute atomic E-state index is 11.5. The van der Waals surface area contributed by atoms with E-state index >= 15 is 0 Å². The maximum Gasteiger partial charge on any atom is 0.330 e. The Hall–Kier alpha value is -3.54. The molecule has 0 bridgehead atoms. The molecule has 2 unspecified atom stereocenters. The number of esters is 1. The zero-order valence-corrected chi connectivity index (χ0v) is 19.1. The lowest BCUT2D eigenvalue weighted by Gasteiger charge is -2.21. The van der Waals surface area contributed by atoms with Gasteiger partial charge in [0.2, 0.25) is 0 Å². The van der Waals surface area contributed by atoms with Crippen LogP contribution in [0, 0.1) is 0 Å². The van der Waals surface area contributed by atoms with Crippen molar-refractivity contribution in [1.82, 2.24) is 0 Å². The molecular formula is C29H28O5. The summed E-state index contributed by atoms with van der Waals surface area (Å²) in [4.78, 5) is 22.8. The van der Waals surface area contributed by atoms with Crippen molar-refractivity contribution >= 4 is 23.9 Å². The number of carbonyl (C=O) groups is 2. The third kappa shape index (κ3) is 5.16. The summed E-state index contributed by atoms with van der Waals surface area (Å²) in [6, 6.07) is 12.5. The maximum atomic E-state index is 11.5. The fraction of sp³-hybridized carbons (Fsp3) is 0.241. The number of allylic oxidation sites excluding steroid dienone is 1. The molecule has 5 heteroatoms. The highest BCUT2D eigenvalue weighted by Crippen LogP contribution is 2.44. The standard InChI is InChI=1S/C29H28O5/c1-3-22(30)10-7-17-32-25-15-13-20-8-5-11-23(28(20)25)24-12-6-9-21-14-16-26(29(21)24)33-18-19-34-27(31)4-2/h3-6,8-9,11-16,25-26H,1-2,7,10,17-19H2. The summed E-state index contributed by atoms with van der Waals surface area (Å²) in [6.07, 6.45) is 11.4. The Morgan fingerprint density at radius 3 is 1.94 bits per heavy atom. The van der Waals surface area contributed by atoms with Gasteiger partial charge >= 0.3 is 5.97 Å². The normalized spacial score (nSPS) is 17.3. The number of hydrogen-bond acceptors (Lipinski definition) is 5. The van der Waals surface area contributed by atoms with Gasteiger partial charge < -0.3 is 14.2 Å². The van der Waals surface area contributed by atoms with Crippen LogP contribution in [0.3, 0.4) is 0 Å². The predicted molar refractivity (Wildman–Crippen MR) is 133 cm³/mol. The van der Waals surface area contributed by atoms with E-state index in [9.17, 15) is 9.59 Å². The molecule has 4 rings (SSSR count). The molecule has 0 aromatic heterocycles. The molecule has 34 heavy (non-hydrogen) atoms. The fourth-order valence-corrected chi connectivity index (χ4v) is 4.35. The van der Waals surface area contributed by atoms with E-state index in [0.717, 1.165) is 39.5 Å². The number of fused-ring (bicyclic) bond motifs is 2. The van der Waals surface area contributed by atoms with Gasteiger partial charge in [0.25, 0.3) is 0 Å². The summed E-state index contributed by atoms with van der Waals surface area (Å²) in [5.74, 6) is -0.428. The second-order valence-electron chi connectivity index (χ2n) is 8.06. The summed E-state index contributed by atoms with van der Waals surface area (Å²) in [7, 11) is 0. The first-order valence-corrected chi connectivity index (χ1v) is 11.4. The van der Waals surface area contributed by atoms with Crippen LogP contribution < -0.4 is 0 Å². The van der Waals surface area contributed by atoms with Crippen LogP contribution in [0.4, 0.5) is 0 Å². The topological polar surface area (TPSA) is 61.8 Å². The van der Waals surface area contributed by atoms with Crippen molar-refractivity contribution in [3.05, 3.63) is 96.1 Å². The first-order valence-electron chi connectivity index (χ1n) is 11.4. The van der Waals surface area contributed by atoms with Crippen LogP contribution >= 0.6 is 0 Å². The van der Waals surface area contributed by atoms with E-state index in [0.29, 0.717) is 19.4 Å². The highest BCUT2D eigenvalue weighted by atomic mass is 16.6. The van der Waals surface area contributed by atoms with Gasteiger partial charge in [0.15, 0.2) is 5.78 Å². The van der Waals surface area contributed by atoms with Crippen LogP contribution in [0.15, 0.2) is 73.9 Å². The Morgan fingerprint density at radius 1 is 0.794 bits per heavy atom. The minimum absolute atomic E-state index is 0.0318. The van der Waals surface area contributed by atoms with E-state index in [-0.39, 0.29) is 31.2 Å². The fourth-order valence-electron chi connectivity index (χ4n) is 4.35. The zero-order chi connectivity index (χ0) is 23.9. The van der Waals surface area contributed by atoms with Gasteiger partial charge in [-0.05, 0) is 45.9 Å². The number of rotatable bonds is 12.